The molecule has 0 bridgehead atoms. The van der Waals surface area contributed by atoms with E-state index in [1.807, 2.05) is 0 Å². The number of sulfonamides is 1. The fourth-order valence-electron chi connectivity index (χ4n) is 0.839. The van der Waals surface area contributed by atoms with Gasteiger partial charge in [0.05, 0.1) is 4.92 Å². The van der Waals surface area contributed by atoms with Crippen molar-refractivity contribution in [2.24, 2.45) is 0 Å². The second-order valence-electron chi connectivity index (χ2n) is 2.57. The lowest BCUT2D eigenvalue weighted by Gasteiger charge is -2.00. The molecule has 0 radical (unpaired) electrons. The summed E-state index contributed by atoms with van der Waals surface area (Å²) >= 11 is 11.5. The van der Waals surface area contributed by atoms with Crippen LogP contribution in [0.25, 0.3) is 0 Å². The molecule has 0 aliphatic rings. The Kier molecular flexibility index (Phi) is 4.51. The molecule has 0 aromatic carbocycles. The normalized spacial score (nSPS) is 11.6. The maximum atomic E-state index is 11.5. The second-order valence-corrected chi connectivity index (χ2v) is 6.59. The van der Waals surface area contributed by atoms with Gasteiger partial charge < -0.3 is 0 Å². The SMILES string of the molecule is O=[N+]([O-])c1cc(S(=O)(=O)NCCCl)sc1Cl. The van der Waals surface area contributed by atoms with Crippen molar-refractivity contribution in [2.45, 2.75) is 4.21 Å². The molecule has 0 aliphatic heterocycles. The maximum absolute atomic E-state index is 11.5. The molecule has 16 heavy (non-hydrogen) atoms. The molecule has 0 spiro atoms. The highest BCUT2D eigenvalue weighted by Gasteiger charge is 2.24. The third-order valence-electron chi connectivity index (χ3n) is 1.49. The Morgan fingerprint density at radius 2 is 2.19 bits per heavy atom. The van der Waals surface area contributed by atoms with Crippen molar-refractivity contribution in [3.05, 3.63) is 20.5 Å². The summed E-state index contributed by atoms with van der Waals surface area (Å²) in [6, 6.07) is 0.920. The molecular weight excluding hydrogens is 299 g/mol. The van der Waals surface area contributed by atoms with Crippen molar-refractivity contribution in [3.8, 4) is 0 Å². The summed E-state index contributed by atoms with van der Waals surface area (Å²) < 4.78 is 24.9. The monoisotopic (exact) mass is 304 g/mol. The first-order chi connectivity index (χ1) is 7.38. The van der Waals surface area contributed by atoms with Crippen LogP contribution in [-0.4, -0.2) is 25.8 Å². The van der Waals surface area contributed by atoms with Crippen LogP contribution >= 0.6 is 34.5 Å². The zero-order valence-electron chi connectivity index (χ0n) is 7.64. The number of alkyl halides is 1. The average molecular weight is 305 g/mol. The topological polar surface area (TPSA) is 89.3 Å². The fourth-order valence-corrected chi connectivity index (χ4v) is 3.79. The smallest absolute Gasteiger partial charge is 0.258 e. The van der Waals surface area contributed by atoms with Crippen molar-refractivity contribution in [3.63, 3.8) is 0 Å². The first-order valence-electron chi connectivity index (χ1n) is 3.88. The summed E-state index contributed by atoms with van der Waals surface area (Å²) in [6.07, 6.45) is 0. The molecule has 1 aromatic heterocycles. The molecule has 0 unspecified atom stereocenters. The molecule has 0 atom stereocenters. The van der Waals surface area contributed by atoms with E-state index in [0.717, 1.165) is 6.07 Å². The summed E-state index contributed by atoms with van der Waals surface area (Å²) in [4.78, 5) is 9.73. The second kappa shape index (κ2) is 5.28. The third-order valence-corrected chi connectivity index (χ3v) is 4.96. The predicted molar refractivity (Wildman–Crippen MR) is 61.9 cm³/mol. The Hall–Kier alpha value is -0.410. The van der Waals surface area contributed by atoms with Crippen LogP contribution in [0.1, 0.15) is 0 Å². The summed E-state index contributed by atoms with van der Waals surface area (Å²) in [5.41, 5.74) is -0.419. The average Bonchev–Trinajstić information content (AvgIpc) is 2.58. The molecule has 90 valence electrons. The molecule has 1 aromatic rings. The van der Waals surface area contributed by atoms with Crippen molar-refractivity contribution in [2.75, 3.05) is 12.4 Å². The van der Waals surface area contributed by atoms with Crippen LogP contribution < -0.4 is 4.72 Å². The maximum Gasteiger partial charge on any atom is 0.300 e. The lowest BCUT2D eigenvalue weighted by atomic mass is 10.6. The van der Waals surface area contributed by atoms with Gasteiger partial charge in [-0.3, -0.25) is 10.1 Å². The lowest BCUT2D eigenvalue weighted by molar-refractivity contribution is -0.384. The predicted octanol–water partition coefficient (Wildman–Crippen LogP) is 1.83. The molecular formula is C6H6Cl2N2O4S2. The van der Waals surface area contributed by atoms with Crippen LogP contribution in [0.4, 0.5) is 5.69 Å². The van der Waals surface area contributed by atoms with Crippen LogP contribution in [0.2, 0.25) is 4.34 Å². The molecule has 0 aliphatic carbocycles. The van der Waals surface area contributed by atoms with Gasteiger partial charge in [0.2, 0.25) is 10.0 Å². The van der Waals surface area contributed by atoms with Crippen molar-refractivity contribution in [1.29, 1.82) is 0 Å². The van der Waals surface area contributed by atoms with E-state index in [1.54, 1.807) is 0 Å². The minimum atomic E-state index is -3.76. The van der Waals surface area contributed by atoms with Crippen molar-refractivity contribution in [1.82, 2.24) is 4.72 Å². The largest absolute Gasteiger partial charge is 0.300 e. The van der Waals surface area contributed by atoms with Crippen LogP contribution in [-0.2, 0) is 10.0 Å². The van der Waals surface area contributed by atoms with Crippen LogP contribution in [0.5, 0.6) is 0 Å². The first kappa shape index (κ1) is 13.7. The highest BCUT2D eigenvalue weighted by Crippen LogP contribution is 2.35. The van der Waals surface area contributed by atoms with E-state index in [1.165, 1.54) is 0 Å². The molecule has 0 fully saturated rings. The number of hydrogen-bond donors (Lipinski definition) is 1. The highest BCUT2D eigenvalue weighted by atomic mass is 35.5. The van der Waals surface area contributed by atoms with Gasteiger partial charge in [-0.05, 0) is 0 Å². The molecule has 0 saturated heterocycles. The van der Waals surface area contributed by atoms with E-state index in [2.05, 4.69) is 4.72 Å². The van der Waals surface area contributed by atoms with E-state index < -0.39 is 20.6 Å². The van der Waals surface area contributed by atoms with Gasteiger partial charge in [-0.2, -0.15) is 0 Å². The molecule has 1 heterocycles. The number of thiophene rings is 1. The van der Waals surface area contributed by atoms with E-state index in [-0.39, 0.29) is 21.0 Å². The fraction of sp³-hybridized carbons (Fsp3) is 0.333. The summed E-state index contributed by atoms with van der Waals surface area (Å²) in [7, 11) is -3.76. The molecule has 10 heteroatoms. The Balaban J connectivity index is 3.06. The van der Waals surface area contributed by atoms with Gasteiger partial charge in [-0.25, -0.2) is 13.1 Å². The Morgan fingerprint density at radius 3 is 2.62 bits per heavy atom. The number of nitrogens with one attached hydrogen (secondary N) is 1. The van der Waals surface area contributed by atoms with Crippen LogP contribution in [0.15, 0.2) is 10.3 Å². The number of nitrogens with zero attached hydrogens (tertiary/aromatic N) is 1. The van der Waals surface area contributed by atoms with Gasteiger partial charge in [0, 0.05) is 18.5 Å². The molecule has 0 saturated carbocycles. The number of rotatable bonds is 5. The van der Waals surface area contributed by atoms with Crippen LogP contribution in [0, 0.1) is 10.1 Å². The Labute approximate surface area is 105 Å². The van der Waals surface area contributed by atoms with Gasteiger partial charge in [-0.1, -0.05) is 11.6 Å². The van der Waals surface area contributed by atoms with Gasteiger partial charge in [-0.15, -0.1) is 22.9 Å². The lowest BCUT2D eigenvalue weighted by Crippen LogP contribution is -2.24. The van der Waals surface area contributed by atoms with E-state index in [4.69, 9.17) is 23.2 Å². The molecule has 0 amide bonds. The van der Waals surface area contributed by atoms with E-state index in [9.17, 15) is 18.5 Å². The quantitative estimate of drug-likeness (QED) is 0.510. The van der Waals surface area contributed by atoms with Crippen LogP contribution in [0.3, 0.4) is 0 Å². The number of halogens is 2. The standard InChI is InChI=1S/C6H6Cl2N2O4S2/c7-1-2-9-16(13,14)5-3-4(10(11)12)6(8)15-5/h3,9H,1-2H2. The summed E-state index contributed by atoms with van der Waals surface area (Å²) in [5, 5.41) is 10.5. The van der Waals surface area contributed by atoms with Gasteiger partial charge >= 0.3 is 0 Å². The van der Waals surface area contributed by atoms with E-state index >= 15 is 0 Å². The zero-order valence-corrected chi connectivity index (χ0v) is 10.8. The van der Waals surface area contributed by atoms with Crippen molar-refractivity contribution < 1.29 is 13.3 Å². The van der Waals surface area contributed by atoms with Crippen molar-refractivity contribution >= 4 is 50.2 Å². The molecule has 1 N–H and O–H groups in total. The van der Waals surface area contributed by atoms with Gasteiger partial charge in [0.1, 0.15) is 4.21 Å². The first-order valence-corrected chi connectivity index (χ1v) is 7.09. The van der Waals surface area contributed by atoms with Gasteiger partial charge in [0.25, 0.3) is 5.69 Å². The number of hydrogen-bond acceptors (Lipinski definition) is 5. The molecule has 1 rings (SSSR count). The Bertz CT molecular complexity index is 499. The molecule has 6 nitrogen and oxygen atoms in total. The van der Waals surface area contributed by atoms with E-state index in [0.29, 0.717) is 11.3 Å². The minimum absolute atomic E-state index is 0.0488. The Morgan fingerprint density at radius 1 is 1.56 bits per heavy atom. The summed E-state index contributed by atoms with van der Waals surface area (Å²) in [5.74, 6) is 0.112. The summed E-state index contributed by atoms with van der Waals surface area (Å²) in [6.45, 7) is 0.0488. The van der Waals surface area contributed by atoms with Gasteiger partial charge in [0.15, 0.2) is 4.34 Å². The minimum Gasteiger partial charge on any atom is -0.258 e. The zero-order chi connectivity index (χ0) is 12.3. The highest BCUT2D eigenvalue weighted by molar-refractivity contribution is 7.91. The number of nitro groups is 1. The third kappa shape index (κ3) is 3.05.